The summed E-state index contributed by atoms with van der Waals surface area (Å²) >= 11 is 0. The highest BCUT2D eigenvalue weighted by atomic mass is 19.1. The van der Waals surface area contributed by atoms with E-state index in [4.69, 9.17) is 0 Å². The molecule has 1 aliphatic heterocycles. The first-order chi connectivity index (χ1) is 9.56. The predicted molar refractivity (Wildman–Crippen MR) is 78.2 cm³/mol. The third kappa shape index (κ3) is 4.04. The van der Waals surface area contributed by atoms with Gasteiger partial charge in [0.2, 0.25) is 0 Å². The minimum absolute atomic E-state index is 0.0132. The average Bonchev–Trinajstić information content (AvgIpc) is 2.45. The molecular weight excluding hydrogens is 255 g/mol. The van der Waals surface area contributed by atoms with Gasteiger partial charge in [-0.1, -0.05) is 13.8 Å². The van der Waals surface area contributed by atoms with Crippen molar-refractivity contribution < 1.29 is 9.18 Å². The quantitative estimate of drug-likeness (QED) is 0.918. The fourth-order valence-corrected chi connectivity index (χ4v) is 2.59. The van der Waals surface area contributed by atoms with Gasteiger partial charge in [-0.25, -0.2) is 4.39 Å². The molecular formula is C16H23FN2O. The smallest absolute Gasteiger partial charge is 0.253 e. The van der Waals surface area contributed by atoms with Crippen LogP contribution >= 0.6 is 0 Å². The van der Waals surface area contributed by atoms with Gasteiger partial charge < -0.3 is 10.2 Å². The van der Waals surface area contributed by atoms with Crippen molar-refractivity contribution in [2.45, 2.75) is 32.7 Å². The Morgan fingerprint density at radius 3 is 2.75 bits per heavy atom. The number of halogens is 1. The number of hydrogen-bond donors (Lipinski definition) is 1. The number of carbonyl (C=O) groups excluding carboxylic acids is 1. The molecule has 1 unspecified atom stereocenters. The third-order valence-corrected chi connectivity index (χ3v) is 3.71. The second kappa shape index (κ2) is 6.84. The van der Waals surface area contributed by atoms with Crippen molar-refractivity contribution in [3.8, 4) is 0 Å². The standard InChI is InChI=1S/C16H23FN2O/c1-12(2)18-10-13-4-3-9-19(11-13)16(20)14-5-7-15(17)8-6-14/h5-8,12-13,18H,3-4,9-11H2,1-2H3. The molecule has 0 spiro atoms. The minimum Gasteiger partial charge on any atom is -0.338 e. The first-order valence-electron chi connectivity index (χ1n) is 7.34. The summed E-state index contributed by atoms with van der Waals surface area (Å²) < 4.78 is 12.9. The van der Waals surface area contributed by atoms with Crippen LogP contribution in [0.5, 0.6) is 0 Å². The van der Waals surface area contributed by atoms with Gasteiger partial charge in [-0.15, -0.1) is 0 Å². The number of benzene rings is 1. The van der Waals surface area contributed by atoms with Gasteiger partial charge in [-0.05, 0) is 49.6 Å². The SMILES string of the molecule is CC(C)NCC1CCCN(C(=O)c2ccc(F)cc2)C1. The van der Waals surface area contributed by atoms with Crippen LogP contribution in [0, 0.1) is 11.7 Å². The second-order valence-corrected chi connectivity index (χ2v) is 5.83. The first-order valence-corrected chi connectivity index (χ1v) is 7.34. The molecule has 1 fully saturated rings. The first kappa shape index (κ1) is 15.0. The molecule has 110 valence electrons. The summed E-state index contributed by atoms with van der Waals surface area (Å²) in [5.41, 5.74) is 0.573. The van der Waals surface area contributed by atoms with Gasteiger partial charge >= 0.3 is 0 Å². The fourth-order valence-electron chi connectivity index (χ4n) is 2.59. The van der Waals surface area contributed by atoms with Crippen LogP contribution in [0.15, 0.2) is 24.3 Å². The number of rotatable bonds is 4. The monoisotopic (exact) mass is 278 g/mol. The Morgan fingerprint density at radius 1 is 1.40 bits per heavy atom. The Labute approximate surface area is 120 Å². The van der Waals surface area contributed by atoms with Gasteiger partial charge in [0.1, 0.15) is 5.82 Å². The lowest BCUT2D eigenvalue weighted by molar-refractivity contribution is 0.0672. The average molecular weight is 278 g/mol. The van der Waals surface area contributed by atoms with Gasteiger partial charge in [0, 0.05) is 24.7 Å². The van der Waals surface area contributed by atoms with Crippen LogP contribution in [0.2, 0.25) is 0 Å². The van der Waals surface area contributed by atoms with Gasteiger partial charge in [0.25, 0.3) is 5.91 Å². The maximum Gasteiger partial charge on any atom is 0.253 e. The molecule has 1 aromatic rings. The summed E-state index contributed by atoms with van der Waals surface area (Å²) in [5.74, 6) is 0.217. The van der Waals surface area contributed by atoms with Crippen molar-refractivity contribution in [3.63, 3.8) is 0 Å². The maximum absolute atomic E-state index is 12.9. The zero-order valence-electron chi connectivity index (χ0n) is 12.2. The zero-order valence-corrected chi connectivity index (χ0v) is 12.2. The predicted octanol–water partition coefficient (Wildman–Crippen LogP) is 2.68. The summed E-state index contributed by atoms with van der Waals surface area (Å²) in [7, 11) is 0. The van der Waals surface area contributed by atoms with Crippen molar-refractivity contribution in [1.29, 1.82) is 0 Å². The summed E-state index contributed by atoms with van der Waals surface area (Å²) in [6.45, 7) is 6.80. The number of nitrogens with one attached hydrogen (secondary N) is 1. The molecule has 1 aliphatic rings. The Bertz CT molecular complexity index is 444. The molecule has 1 saturated heterocycles. The molecule has 4 heteroatoms. The lowest BCUT2D eigenvalue weighted by Gasteiger charge is -2.33. The van der Waals surface area contributed by atoms with E-state index in [1.54, 1.807) is 12.1 Å². The lowest BCUT2D eigenvalue weighted by atomic mass is 9.97. The van der Waals surface area contributed by atoms with Gasteiger partial charge in [0.15, 0.2) is 0 Å². The van der Waals surface area contributed by atoms with E-state index >= 15 is 0 Å². The van der Waals surface area contributed by atoms with E-state index in [0.717, 1.165) is 32.5 Å². The summed E-state index contributed by atoms with van der Waals surface area (Å²) in [5, 5.41) is 3.43. The van der Waals surface area contributed by atoms with Crippen LogP contribution in [0.3, 0.4) is 0 Å². The third-order valence-electron chi connectivity index (χ3n) is 3.71. The fraction of sp³-hybridized carbons (Fsp3) is 0.562. The molecule has 0 bridgehead atoms. The zero-order chi connectivity index (χ0) is 14.5. The normalized spacial score (nSPS) is 19.4. The van der Waals surface area contributed by atoms with Crippen molar-refractivity contribution >= 4 is 5.91 Å². The van der Waals surface area contributed by atoms with E-state index in [1.165, 1.54) is 12.1 Å². The molecule has 1 atom stereocenters. The highest BCUT2D eigenvalue weighted by Crippen LogP contribution is 2.18. The lowest BCUT2D eigenvalue weighted by Crippen LogP contribution is -2.43. The van der Waals surface area contributed by atoms with Gasteiger partial charge in [0.05, 0.1) is 0 Å². The van der Waals surface area contributed by atoms with Gasteiger partial charge in [-0.2, -0.15) is 0 Å². The van der Waals surface area contributed by atoms with E-state index in [1.807, 2.05) is 4.90 Å². The summed E-state index contributed by atoms with van der Waals surface area (Å²) in [4.78, 5) is 14.3. The van der Waals surface area contributed by atoms with Crippen LogP contribution in [0.25, 0.3) is 0 Å². The summed E-state index contributed by atoms with van der Waals surface area (Å²) in [6.07, 6.45) is 2.20. The Hall–Kier alpha value is -1.42. The number of likely N-dealkylation sites (tertiary alicyclic amines) is 1. The Morgan fingerprint density at radius 2 is 2.10 bits per heavy atom. The summed E-state index contributed by atoms with van der Waals surface area (Å²) in [6, 6.07) is 6.28. The van der Waals surface area contributed by atoms with Crippen molar-refractivity contribution in [2.75, 3.05) is 19.6 Å². The van der Waals surface area contributed by atoms with E-state index in [0.29, 0.717) is 17.5 Å². The van der Waals surface area contributed by atoms with Crippen LogP contribution in [0.1, 0.15) is 37.0 Å². The van der Waals surface area contributed by atoms with Crippen molar-refractivity contribution in [3.05, 3.63) is 35.6 Å². The van der Waals surface area contributed by atoms with E-state index in [9.17, 15) is 9.18 Å². The molecule has 0 saturated carbocycles. The molecule has 0 aliphatic carbocycles. The highest BCUT2D eigenvalue weighted by molar-refractivity contribution is 5.94. The Balaban J connectivity index is 1.94. The number of nitrogens with zero attached hydrogens (tertiary/aromatic N) is 1. The van der Waals surface area contributed by atoms with Crippen molar-refractivity contribution in [2.24, 2.45) is 5.92 Å². The van der Waals surface area contributed by atoms with E-state index in [2.05, 4.69) is 19.2 Å². The van der Waals surface area contributed by atoms with Crippen LogP contribution in [-0.2, 0) is 0 Å². The van der Waals surface area contributed by atoms with Crippen LogP contribution < -0.4 is 5.32 Å². The molecule has 0 aromatic heterocycles. The largest absolute Gasteiger partial charge is 0.338 e. The van der Waals surface area contributed by atoms with Gasteiger partial charge in [-0.3, -0.25) is 4.79 Å². The topological polar surface area (TPSA) is 32.3 Å². The molecule has 0 radical (unpaired) electrons. The van der Waals surface area contributed by atoms with Crippen molar-refractivity contribution in [1.82, 2.24) is 10.2 Å². The molecule has 1 aromatic carbocycles. The second-order valence-electron chi connectivity index (χ2n) is 5.83. The van der Waals surface area contributed by atoms with Crippen LogP contribution in [-0.4, -0.2) is 36.5 Å². The molecule has 2 rings (SSSR count). The number of carbonyl (C=O) groups is 1. The molecule has 1 amide bonds. The highest BCUT2D eigenvalue weighted by Gasteiger charge is 2.24. The van der Waals surface area contributed by atoms with E-state index in [-0.39, 0.29) is 11.7 Å². The number of piperidine rings is 1. The molecule has 20 heavy (non-hydrogen) atoms. The molecule has 1 heterocycles. The van der Waals surface area contributed by atoms with Crippen LogP contribution in [0.4, 0.5) is 4.39 Å². The number of amides is 1. The molecule has 1 N–H and O–H groups in total. The van der Waals surface area contributed by atoms with E-state index < -0.39 is 0 Å². The maximum atomic E-state index is 12.9. The molecule has 3 nitrogen and oxygen atoms in total. The Kier molecular flexibility index (Phi) is 5.12. The minimum atomic E-state index is -0.306. The number of hydrogen-bond acceptors (Lipinski definition) is 2.